The van der Waals surface area contributed by atoms with Gasteiger partial charge in [-0.3, -0.25) is 0 Å². The van der Waals surface area contributed by atoms with Crippen molar-refractivity contribution in [2.45, 2.75) is 46.0 Å². The highest BCUT2D eigenvalue weighted by Crippen LogP contribution is 2.24. The minimum Gasteiger partial charge on any atom is -0.545 e. The first-order chi connectivity index (χ1) is 10.5. The lowest BCUT2D eigenvalue weighted by Gasteiger charge is -2.23. The highest BCUT2D eigenvalue weighted by molar-refractivity contribution is 5.91. The molecule has 0 amide bonds. The number of rotatable bonds is 10. The maximum Gasteiger partial charge on any atom is 0.0718 e. The molecular formula is C17H28N3O2-. The number of carbonyl (C=O) groups is 1. The van der Waals surface area contributed by atoms with Gasteiger partial charge in [-0.05, 0) is 44.0 Å². The highest BCUT2D eigenvalue weighted by Gasteiger charge is 2.12. The average Bonchev–Trinajstić information content (AvgIpc) is 2.49. The molecule has 124 valence electrons. The van der Waals surface area contributed by atoms with Crippen LogP contribution in [0.5, 0.6) is 0 Å². The predicted molar refractivity (Wildman–Crippen MR) is 89.6 cm³/mol. The Bertz CT molecular complexity index is 481. The van der Waals surface area contributed by atoms with Crippen molar-refractivity contribution in [2.75, 3.05) is 31.1 Å². The number of carboxylic acid groups (broad SMARTS) is 1. The van der Waals surface area contributed by atoms with Gasteiger partial charge in [0.2, 0.25) is 0 Å². The van der Waals surface area contributed by atoms with Gasteiger partial charge >= 0.3 is 0 Å². The zero-order valence-corrected chi connectivity index (χ0v) is 13.7. The third-order valence-electron chi connectivity index (χ3n) is 3.94. The topological polar surface area (TPSA) is 95.4 Å². The van der Waals surface area contributed by atoms with E-state index in [0.717, 1.165) is 45.3 Å². The van der Waals surface area contributed by atoms with Gasteiger partial charge in [-0.1, -0.05) is 32.8 Å². The van der Waals surface area contributed by atoms with Crippen LogP contribution in [-0.2, 0) is 6.42 Å². The lowest BCUT2D eigenvalue weighted by molar-refractivity contribution is -0.255. The van der Waals surface area contributed by atoms with Crippen LogP contribution in [0.15, 0.2) is 12.1 Å². The monoisotopic (exact) mass is 306 g/mol. The van der Waals surface area contributed by atoms with Crippen molar-refractivity contribution in [3.05, 3.63) is 23.3 Å². The summed E-state index contributed by atoms with van der Waals surface area (Å²) in [6.45, 7) is 7.18. The van der Waals surface area contributed by atoms with Crippen LogP contribution in [0.4, 0.5) is 11.4 Å². The van der Waals surface area contributed by atoms with Crippen molar-refractivity contribution >= 4 is 17.3 Å². The first kappa shape index (κ1) is 18.3. The first-order valence-electron chi connectivity index (χ1n) is 8.11. The van der Waals surface area contributed by atoms with Gasteiger partial charge in [0, 0.05) is 12.1 Å². The average molecular weight is 306 g/mol. The molecule has 0 heterocycles. The Kier molecular flexibility index (Phi) is 7.74. The summed E-state index contributed by atoms with van der Waals surface area (Å²) in [4.78, 5) is 13.6. The van der Waals surface area contributed by atoms with Crippen molar-refractivity contribution in [3.8, 4) is 0 Å². The summed E-state index contributed by atoms with van der Waals surface area (Å²) >= 11 is 0. The summed E-state index contributed by atoms with van der Waals surface area (Å²) < 4.78 is 0. The van der Waals surface area contributed by atoms with Crippen LogP contribution < -0.4 is 16.6 Å². The number of aromatic carboxylic acids is 1. The summed E-state index contributed by atoms with van der Waals surface area (Å²) in [5.74, 6) is -1.20. The SMILES string of the molecule is CCCCN(CCCC)CCc1c(C(=O)[O-])ccc(N)c1N. The van der Waals surface area contributed by atoms with Gasteiger partial charge in [-0.25, -0.2) is 0 Å². The van der Waals surface area contributed by atoms with Crippen LogP contribution in [0.2, 0.25) is 0 Å². The normalized spacial score (nSPS) is 11.0. The second kappa shape index (κ2) is 9.30. The molecule has 0 aliphatic rings. The number of unbranched alkanes of at least 4 members (excludes halogenated alkanes) is 2. The summed E-state index contributed by atoms with van der Waals surface area (Å²) in [6, 6.07) is 3.01. The van der Waals surface area contributed by atoms with E-state index in [2.05, 4.69) is 18.7 Å². The van der Waals surface area contributed by atoms with Crippen LogP contribution in [0.3, 0.4) is 0 Å². The molecule has 1 aromatic carbocycles. The van der Waals surface area contributed by atoms with Gasteiger partial charge in [-0.15, -0.1) is 0 Å². The summed E-state index contributed by atoms with van der Waals surface area (Å²) in [7, 11) is 0. The van der Waals surface area contributed by atoms with E-state index in [4.69, 9.17) is 11.5 Å². The Morgan fingerprint density at radius 1 is 1.09 bits per heavy atom. The van der Waals surface area contributed by atoms with Crippen LogP contribution in [-0.4, -0.2) is 30.5 Å². The number of nitrogens with two attached hydrogens (primary N) is 2. The highest BCUT2D eigenvalue weighted by atomic mass is 16.4. The molecule has 0 aliphatic heterocycles. The van der Waals surface area contributed by atoms with E-state index in [0.29, 0.717) is 23.4 Å². The van der Waals surface area contributed by atoms with Crippen molar-refractivity contribution in [1.82, 2.24) is 4.90 Å². The van der Waals surface area contributed by atoms with E-state index >= 15 is 0 Å². The number of nitrogens with zero attached hydrogens (tertiary/aromatic N) is 1. The number of carbonyl (C=O) groups excluding carboxylic acids is 1. The van der Waals surface area contributed by atoms with E-state index in [1.54, 1.807) is 0 Å². The standard InChI is InChI=1S/C17H29N3O2/c1-3-5-10-20(11-6-4-2)12-9-13-14(17(21)22)7-8-15(18)16(13)19/h7-8H,3-6,9-12,18-19H2,1-2H3,(H,21,22)/p-1. The molecule has 0 unspecified atom stereocenters. The largest absolute Gasteiger partial charge is 0.545 e. The molecule has 0 fully saturated rings. The van der Waals surface area contributed by atoms with E-state index in [-0.39, 0.29) is 5.56 Å². The van der Waals surface area contributed by atoms with Crippen molar-refractivity contribution in [1.29, 1.82) is 0 Å². The molecule has 5 nitrogen and oxygen atoms in total. The molecule has 0 radical (unpaired) electrons. The zero-order chi connectivity index (χ0) is 16.5. The lowest BCUT2D eigenvalue weighted by Crippen LogP contribution is -2.30. The fourth-order valence-electron chi connectivity index (χ4n) is 2.51. The van der Waals surface area contributed by atoms with Gasteiger partial charge in [-0.2, -0.15) is 0 Å². The third-order valence-corrected chi connectivity index (χ3v) is 3.94. The van der Waals surface area contributed by atoms with Gasteiger partial charge in [0.05, 0.1) is 17.3 Å². The van der Waals surface area contributed by atoms with E-state index in [9.17, 15) is 9.90 Å². The Morgan fingerprint density at radius 2 is 1.68 bits per heavy atom. The number of benzene rings is 1. The van der Waals surface area contributed by atoms with Crippen molar-refractivity contribution < 1.29 is 9.90 Å². The van der Waals surface area contributed by atoms with Crippen LogP contribution >= 0.6 is 0 Å². The fourth-order valence-corrected chi connectivity index (χ4v) is 2.51. The summed E-state index contributed by atoms with van der Waals surface area (Å²) in [5, 5.41) is 11.3. The smallest absolute Gasteiger partial charge is 0.0718 e. The molecule has 4 N–H and O–H groups in total. The molecule has 1 aromatic rings. The first-order valence-corrected chi connectivity index (χ1v) is 8.11. The lowest BCUT2D eigenvalue weighted by atomic mass is 10.0. The fraction of sp³-hybridized carbons (Fsp3) is 0.588. The molecular weight excluding hydrogens is 278 g/mol. The van der Waals surface area contributed by atoms with Gasteiger partial charge in [0.25, 0.3) is 0 Å². The van der Waals surface area contributed by atoms with Crippen LogP contribution in [0, 0.1) is 0 Å². The van der Waals surface area contributed by atoms with E-state index < -0.39 is 5.97 Å². The number of hydrogen-bond donors (Lipinski definition) is 2. The molecule has 0 saturated heterocycles. The van der Waals surface area contributed by atoms with Crippen molar-refractivity contribution in [2.24, 2.45) is 0 Å². The van der Waals surface area contributed by atoms with Gasteiger partial charge in [0.15, 0.2) is 0 Å². The number of carboxylic acids is 1. The molecule has 22 heavy (non-hydrogen) atoms. The summed E-state index contributed by atoms with van der Waals surface area (Å²) in [6.07, 6.45) is 5.15. The maximum absolute atomic E-state index is 11.3. The second-order valence-corrected chi connectivity index (χ2v) is 5.68. The molecule has 0 bridgehead atoms. The van der Waals surface area contributed by atoms with Gasteiger partial charge < -0.3 is 26.3 Å². The Morgan fingerprint density at radius 3 is 2.18 bits per heavy atom. The van der Waals surface area contributed by atoms with Crippen molar-refractivity contribution in [3.63, 3.8) is 0 Å². The third kappa shape index (κ3) is 5.22. The van der Waals surface area contributed by atoms with E-state index in [1.807, 2.05) is 0 Å². The Hall–Kier alpha value is -1.75. The number of hydrogen-bond acceptors (Lipinski definition) is 5. The predicted octanol–water partition coefficient (Wildman–Crippen LogP) is 1.66. The quantitative estimate of drug-likeness (QED) is 0.641. The Balaban J connectivity index is 2.82. The van der Waals surface area contributed by atoms with Crippen LogP contribution in [0.1, 0.15) is 55.5 Å². The number of anilines is 2. The molecule has 0 spiro atoms. The molecule has 0 aromatic heterocycles. The van der Waals surface area contributed by atoms with Gasteiger partial charge in [0.1, 0.15) is 0 Å². The second-order valence-electron chi connectivity index (χ2n) is 5.68. The minimum absolute atomic E-state index is 0.151. The zero-order valence-electron chi connectivity index (χ0n) is 13.7. The summed E-state index contributed by atoms with van der Waals surface area (Å²) in [5.41, 5.74) is 13.3. The minimum atomic E-state index is -1.20. The maximum atomic E-state index is 11.3. The molecule has 0 aliphatic carbocycles. The van der Waals surface area contributed by atoms with Crippen LogP contribution in [0.25, 0.3) is 0 Å². The van der Waals surface area contributed by atoms with E-state index in [1.165, 1.54) is 12.1 Å². The molecule has 0 atom stereocenters. The Labute approximate surface area is 133 Å². The molecule has 1 rings (SSSR count). The molecule has 0 saturated carbocycles. The molecule has 5 heteroatoms. The number of nitrogen functional groups attached to an aromatic ring is 2.